The molecule has 0 radical (unpaired) electrons. The summed E-state index contributed by atoms with van der Waals surface area (Å²) in [6.07, 6.45) is 6.39. The molecule has 2 aromatic carbocycles. The van der Waals surface area contributed by atoms with E-state index in [1.165, 1.54) is 21.5 Å². The summed E-state index contributed by atoms with van der Waals surface area (Å²) >= 11 is 1.73. The molecular weight excluding hydrogens is 406 g/mol. The Labute approximate surface area is 185 Å². The zero-order chi connectivity index (χ0) is 21.2. The van der Waals surface area contributed by atoms with Crippen molar-refractivity contribution in [2.24, 2.45) is 0 Å². The molecule has 5 rings (SSSR count). The highest BCUT2D eigenvalue weighted by atomic mass is 32.2. The number of fused-ring (bicyclic) bond motifs is 1. The van der Waals surface area contributed by atoms with Gasteiger partial charge < -0.3 is 14.6 Å². The molecule has 1 atom stereocenters. The SMILES string of the molecule is CSc1cc2c(C3CCOC3)cccc2n1-c1ccc(NC(=O)c2cccnc2)cc1. The molecule has 156 valence electrons. The number of aromatic nitrogens is 2. The van der Waals surface area contributed by atoms with Gasteiger partial charge >= 0.3 is 0 Å². The van der Waals surface area contributed by atoms with Crippen molar-refractivity contribution in [3.05, 3.63) is 84.2 Å². The number of hydrogen-bond donors (Lipinski definition) is 1. The van der Waals surface area contributed by atoms with Gasteiger partial charge in [0.1, 0.15) is 0 Å². The van der Waals surface area contributed by atoms with E-state index < -0.39 is 0 Å². The van der Waals surface area contributed by atoms with Crippen molar-refractivity contribution in [1.29, 1.82) is 0 Å². The molecule has 6 heteroatoms. The van der Waals surface area contributed by atoms with Crippen LogP contribution in [0.2, 0.25) is 0 Å². The summed E-state index contributed by atoms with van der Waals surface area (Å²) in [4.78, 5) is 16.4. The second-order valence-corrected chi connectivity index (χ2v) is 8.43. The number of carbonyl (C=O) groups excluding carboxylic acids is 1. The van der Waals surface area contributed by atoms with Gasteiger partial charge in [-0.15, -0.1) is 11.8 Å². The zero-order valence-corrected chi connectivity index (χ0v) is 18.1. The van der Waals surface area contributed by atoms with E-state index in [-0.39, 0.29) is 5.91 Å². The van der Waals surface area contributed by atoms with Crippen LogP contribution in [0.15, 0.2) is 78.1 Å². The van der Waals surface area contributed by atoms with Gasteiger partial charge in [-0.2, -0.15) is 0 Å². The van der Waals surface area contributed by atoms with E-state index in [1.54, 1.807) is 36.3 Å². The predicted octanol–water partition coefficient (Wildman–Crippen LogP) is 5.50. The van der Waals surface area contributed by atoms with Crippen LogP contribution < -0.4 is 5.32 Å². The lowest BCUT2D eigenvalue weighted by atomic mass is 9.95. The molecule has 3 heterocycles. The molecule has 2 aromatic heterocycles. The van der Waals surface area contributed by atoms with E-state index in [9.17, 15) is 4.79 Å². The van der Waals surface area contributed by atoms with Crippen LogP contribution in [0.4, 0.5) is 5.69 Å². The van der Waals surface area contributed by atoms with Crippen molar-refractivity contribution >= 4 is 34.3 Å². The summed E-state index contributed by atoms with van der Waals surface area (Å²) in [5.74, 6) is 0.291. The molecule has 4 aromatic rings. The van der Waals surface area contributed by atoms with Crippen LogP contribution >= 0.6 is 11.8 Å². The summed E-state index contributed by atoms with van der Waals surface area (Å²) < 4.78 is 7.92. The summed E-state index contributed by atoms with van der Waals surface area (Å²) in [5.41, 5.74) is 4.92. The number of nitrogens with zero attached hydrogens (tertiary/aromatic N) is 2. The van der Waals surface area contributed by atoms with E-state index in [4.69, 9.17) is 4.74 Å². The Morgan fingerprint density at radius 1 is 1.16 bits per heavy atom. The fraction of sp³-hybridized carbons (Fsp3) is 0.200. The summed E-state index contributed by atoms with van der Waals surface area (Å²) in [6.45, 7) is 1.63. The van der Waals surface area contributed by atoms with Gasteiger partial charge in [0.25, 0.3) is 5.91 Å². The highest BCUT2D eigenvalue weighted by molar-refractivity contribution is 7.98. The summed E-state index contributed by atoms with van der Waals surface area (Å²) in [7, 11) is 0. The zero-order valence-electron chi connectivity index (χ0n) is 17.2. The van der Waals surface area contributed by atoms with E-state index in [0.717, 1.165) is 31.0 Å². The topological polar surface area (TPSA) is 56.1 Å². The van der Waals surface area contributed by atoms with Gasteiger partial charge in [0.05, 0.1) is 22.7 Å². The fourth-order valence-electron chi connectivity index (χ4n) is 4.18. The van der Waals surface area contributed by atoms with E-state index in [2.05, 4.69) is 45.4 Å². The van der Waals surface area contributed by atoms with Crippen LogP contribution in [-0.4, -0.2) is 34.9 Å². The first-order valence-corrected chi connectivity index (χ1v) is 11.5. The van der Waals surface area contributed by atoms with Crippen molar-refractivity contribution in [1.82, 2.24) is 9.55 Å². The van der Waals surface area contributed by atoms with Crippen LogP contribution in [0.25, 0.3) is 16.6 Å². The number of pyridine rings is 1. The number of anilines is 1. The number of amides is 1. The highest BCUT2D eigenvalue weighted by Crippen LogP contribution is 2.37. The second kappa shape index (κ2) is 8.57. The number of benzene rings is 2. The Morgan fingerprint density at radius 2 is 2.03 bits per heavy atom. The van der Waals surface area contributed by atoms with Gasteiger partial charge in [-0.05, 0) is 66.8 Å². The number of rotatable bonds is 5. The number of nitrogens with one attached hydrogen (secondary N) is 1. The number of hydrogen-bond acceptors (Lipinski definition) is 4. The Bertz CT molecular complexity index is 1210. The lowest BCUT2D eigenvalue weighted by Gasteiger charge is -2.13. The molecule has 0 spiro atoms. The Kier molecular flexibility index (Phi) is 5.49. The van der Waals surface area contributed by atoms with Crippen LogP contribution in [-0.2, 0) is 4.74 Å². The molecule has 5 nitrogen and oxygen atoms in total. The first kappa shape index (κ1) is 19.8. The number of carbonyl (C=O) groups is 1. The average molecular weight is 430 g/mol. The van der Waals surface area contributed by atoms with Crippen LogP contribution in [0.5, 0.6) is 0 Å². The molecule has 0 aliphatic carbocycles. The normalized spacial score (nSPS) is 16.0. The second-order valence-electron chi connectivity index (χ2n) is 7.61. The summed E-state index contributed by atoms with van der Waals surface area (Å²) in [6, 6.07) is 20.3. The lowest BCUT2D eigenvalue weighted by molar-refractivity contribution is 0.102. The van der Waals surface area contributed by atoms with E-state index in [0.29, 0.717) is 11.5 Å². The minimum Gasteiger partial charge on any atom is -0.381 e. The monoisotopic (exact) mass is 429 g/mol. The molecule has 1 fully saturated rings. The Hall–Kier alpha value is -3.09. The van der Waals surface area contributed by atoms with Crippen LogP contribution in [0.1, 0.15) is 28.3 Å². The lowest BCUT2D eigenvalue weighted by Crippen LogP contribution is -2.12. The molecule has 1 amide bonds. The van der Waals surface area contributed by atoms with Crippen molar-refractivity contribution in [2.45, 2.75) is 17.4 Å². The maximum atomic E-state index is 12.4. The molecule has 1 saturated heterocycles. The largest absolute Gasteiger partial charge is 0.381 e. The van der Waals surface area contributed by atoms with Gasteiger partial charge in [-0.25, -0.2) is 0 Å². The first-order valence-electron chi connectivity index (χ1n) is 10.3. The molecule has 1 aliphatic heterocycles. The predicted molar refractivity (Wildman–Crippen MR) is 125 cm³/mol. The highest BCUT2D eigenvalue weighted by Gasteiger charge is 2.22. The maximum Gasteiger partial charge on any atom is 0.257 e. The third kappa shape index (κ3) is 3.84. The smallest absolute Gasteiger partial charge is 0.257 e. The third-order valence-corrected chi connectivity index (χ3v) is 6.45. The van der Waals surface area contributed by atoms with Crippen molar-refractivity contribution in [3.63, 3.8) is 0 Å². The van der Waals surface area contributed by atoms with Gasteiger partial charge in [-0.3, -0.25) is 9.78 Å². The molecular formula is C25H23N3O2S. The first-order chi connectivity index (χ1) is 15.2. The quantitative estimate of drug-likeness (QED) is 0.426. The standard InChI is InChI=1S/C25H23N3O2S/c1-31-24-14-22-21(18-11-13-30-16-18)5-2-6-23(22)28(24)20-9-7-19(8-10-20)27-25(29)17-4-3-12-26-15-17/h2-10,12,14-15,18H,11,13,16H2,1H3,(H,27,29). The molecule has 1 unspecified atom stereocenters. The molecule has 31 heavy (non-hydrogen) atoms. The molecule has 0 saturated carbocycles. The fourth-order valence-corrected chi connectivity index (χ4v) is 4.80. The molecule has 0 bridgehead atoms. The van der Waals surface area contributed by atoms with Crippen LogP contribution in [0.3, 0.4) is 0 Å². The van der Waals surface area contributed by atoms with Gasteiger partial charge in [0, 0.05) is 41.7 Å². The maximum absolute atomic E-state index is 12.4. The van der Waals surface area contributed by atoms with Crippen molar-refractivity contribution in [3.8, 4) is 5.69 Å². The third-order valence-electron chi connectivity index (χ3n) is 5.73. The number of ether oxygens (including phenoxy) is 1. The molecule has 1 N–H and O–H groups in total. The summed E-state index contributed by atoms with van der Waals surface area (Å²) in [5, 5.41) is 5.41. The Balaban J connectivity index is 1.47. The minimum atomic E-state index is -0.166. The van der Waals surface area contributed by atoms with E-state index in [1.807, 2.05) is 24.3 Å². The van der Waals surface area contributed by atoms with Crippen molar-refractivity contribution in [2.75, 3.05) is 24.8 Å². The van der Waals surface area contributed by atoms with Gasteiger partial charge in [0.2, 0.25) is 0 Å². The van der Waals surface area contributed by atoms with Crippen LogP contribution in [0, 0.1) is 0 Å². The number of thioether (sulfide) groups is 1. The van der Waals surface area contributed by atoms with Gasteiger partial charge in [-0.1, -0.05) is 12.1 Å². The Morgan fingerprint density at radius 3 is 2.74 bits per heavy atom. The minimum absolute atomic E-state index is 0.166. The molecule has 1 aliphatic rings. The van der Waals surface area contributed by atoms with E-state index >= 15 is 0 Å². The average Bonchev–Trinajstić information content (AvgIpc) is 3.48. The van der Waals surface area contributed by atoms with Crippen molar-refractivity contribution < 1.29 is 9.53 Å². The van der Waals surface area contributed by atoms with Gasteiger partial charge in [0.15, 0.2) is 0 Å².